The van der Waals surface area contributed by atoms with E-state index in [1.807, 2.05) is 6.92 Å². The molecule has 0 aliphatic carbocycles. The standard InChI is InChI=1S/C11H11NO3/c1-2-15-10-6-8-5-7(11(13)14)3-4-9(8)12-10/h3-6,12H,2H2,1H3,(H,13,14). The van der Waals surface area contributed by atoms with Gasteiger partial charge in [-0.25, -0.2) is 4.79 Å². The van der Waals surface area contributed by atoms with Crippen LogP contribution >= 0.6 is 0 Å². The topological polar surface area (TPSA) is 62.3 Å². The lowest BCUT2D eigenvalue weighted by Gasteiger charge is -1.95. The van der Waals surface area contributed by atoms with E-state index in [2.05, 4.69) is 4.98 Å². The van der Waals surface area contributed by atoms with Crippen LogP contribution in [0.25, 0.3) is 10.9 Å². The van der Waals surface area contributed by atoms with Crippen LogP contribution < -0.4 is 4.74 Å². The highest BCUT2D eigenvalue weighted by molar-refractivity contribution is 5.93. The molecule has 78 valence electrons. The van der Waals surface area contributed by atoms with Gasteiger partial charge in [-0.1, -0.05) is 0 Å². The molecule has 0 saturated heterocycles. The van der Waals surface area contributed by atoms with E-state index in [0.717, 1.165) is 10.9 Å². The van der Waals surface area contributed by atoms with Crippen molar-refractivity contribution in [2.24, 2.45) is 0 Å². The number of carboxylic acid groups (broad SMARTS) is 1. The lowest BCUT2D eigenvalue weighted by atomic mass is 10.1. The molecule has 1 aromatic heterocycles. The van der Waals surface area contributed by atoms with Gasteiger partial charge < -0.3 is 14.8 Å². The Morgan fingerprint density at radius 3 is 2.93 bits per heavy atom. The fraction of sp³-hybridized carbons (Fsp3) is 0.182. The second-order valence-electron chi connectivity index (χ2n) is 3.17. The van der Waals surface area contributed by atoms with Crippen LogP contribution in [0.5, 0.6) is 5.88 Å². The Kier molecular flexibility index (Phi) is 2.33. The molecule has 15 heavy (non-hydrogen) atoms. The van der Waals surface area contributed by atoms with Gasteiger partial charge in [0.15, 0.2) is 5.88 Å². The average molecular weight is 205 g/mol. The van der Waals surface area contributed by atoms with Crippen LogP contribution in [0.15, 0.2) is 24.3 Å². The summed E-state index contributed by atoms with van der Waals surface area (Å²) in [6.45, 7) is 2.48. The molecule has 0 saturated carbocycles. The third-order valence-corrected chi connectivity index (χ3v) is 2.14. The van der Waals surface area contributed by atoms with Gasteiger partial charge in [-0.3, -0.25) is 0 Å². The Balaban J connectivity index is 2.47. The molecular weight excluding hydrogens is 194 g/mol. The summed E-state index contributed by atoms with van der Waals surface area (Å²) in [6.07, 6.45) is 0. The predicted molar refractivity (Wildman–Crippen MR) is 56.4 cm³/mol. The third kappa shape index (κ3) is 1.79. The second kappa shape index (κ2) is 3.65. The molecular formula is C11H11NO3. The van der Waals surface area contributed by atoms with Gasteiger partial charge in [0.05, 0.1) is 12.2 Å². The van der Waals surface area contributed by atoms with Crippen molar-refractivity contribution < 1.29 is 14.6 Å². The molecule has 2 aromatic rings. The van der Waals surface area contributed by atoms with Crippen LogP contribution in [0, 0.1) is 0 Å². The molecule has 0 radical (unpaired) electrons. The second-order valence-corrected chi connectivity index (χ2v) is 3.17. The first kappa shape index (κ1) is 9.58. The lowest BCUT2D eigenvalue weighted by Crippen LogP contribution is -1.94. The summed E-state index contributed by atoms with van der Waals surface area (Å²) in [6, 6.07) is 6.72. The van der Waals surface area contributed by atoms with Gasteiger partial charge in [0.1, 0.15) is 0 Å². The minimum atomic E-state index is -0.920. The first-order valence-electron chi connectivity index (χ1n) is 4.69. The van der Waals surface area contributed by atoms with E-state index in [-0.39, 0.29) is 5.56 Å². The summed E-state index contributed by atoms with van der Waals surface area (Å²) >= 11 is 0. The van der Waals surface area contributed by atoms with Crippen LogP contribution in [-0.4, -0.2) is 22.7 Å². The number of H-pyrrole nitrogens is 1. The Hall–Kier alpha value is -1.97. The van der Waals surface area contributed by atoms with E-state index >= 15 is 0 Å². The molecule has 0 bridgehead atoms. The Morgan fingerprint density at radius 2 is 2.27 bits per heavy atom. The van der Waals surface area contributed by atoms with Crippen LogP contribution in [-0.2, 0) is 0 Å². The Morgan fingerprint density at radius 1 is 1.47 bits per heavy atom. The summed E-state index contributed by atoms with van der Waals surface area (Å²) in [7, 11) is 0. The fourth-order valence-electron chi connectivity index (χ4n) is 1.47. The van der Waals surface area contributed by atoms with Gasteiger partial charge >= 0.3 is 5.97 Å². The number of aromatic carboxylic acids is 1. The SMILES string of the molecule is CCOc1cc2cc(C(=O)O)ccc2[nH]1. The number of rotatable bonds is 3. The van der Waals surface area contributed by atoms with Crippen LogP contribution in [0.1, 0.15) is 17.3 Å². The number of hydrogen-bond donors (Lipinski definition) is 2. The monoisotopic (exact) mass is 205 g/mol. The largest absolute Gasteiger partial charge is 0.479 e. The van der Waals surface area contributed by atoms with Gasteiger partial charge in [-0.15, -0.1) is 0 Å². The number of hydrogen-bond acceptors (Lipinski definition) is 2. The summed E-state index contributed by atoms with van der Waals surface area (Å²) in [5.74, 6) is -0.258. The molecule has 0 spiro atoms. The van der Waals surface area contributed by atoms with E-state index in [0.29, 0.717) is 12.5 Å². The highest BCUT2D eigenvalue weighted by Gasteiger charge is 2.06. The van der Waals surface area contributed by atoms with Crippen molar-refractivity contribution >= 4 is 16.9 Å². The van der Waals surface area contributed by atoms with Gasteiger partial charge in [-0.05, 0) is 25.1 Å². The molecule has 0 aliphatic rings. The zero-order chi connectivity index (χ0) is 10.8. The van der Waals surface area contributed by atoms with Gasteiger partial charge in [0.2, 0.25) is 0 Å². The van der Waals surface area contributed by atoms with Gasteiger partial charge in [0, 0.05) is 17.0 Å². The zero-order valence-corrected chi connectivity index (χ0v) is 8.28. The van der Waals surface area contributed by atoms with Crippen molar-refractivity contribution in [2.75, 3.05) is 6.61 Å². The molecule has 2 N–H and O–H groups in total. The lowest BCUT2D eigenvalue weighted by molar-refractivity contribution is 0.0697. The number of nitrogens with one attached hydrogen (secondary N) is 1. The van der Waals surface area contributed by atoms with Crippen molar-refractivity contribution in [2.45, 2.75) is 6.92 Å². The van der Waals surface area contributed by atoms with Crippen molar-refractivity contribution in [3.05, 3.63) is 29.8 Å². The molecule has 0 unspecified atom stereocenters. The van der Waals surface area contributed by atoms with E-state index < -0.39 is 5.97 Å². The van der Waals surface area contributed by atoms with Crippen molar-refractivity contribution in [3.8, 4) is 5.88 Å². The Labute approximate surface area is 86.5 Å². The van der Waals surface area contributed by atoms with Gasteiger partial charge in [0.25, 0.3) is 0 Å². The van der Waals surface area contributed by atoms with Crippen LogP contribution in [0.2, 0.25) is 0 Å². The minimum absolute atomic E-state index is 0.282. The van der Waals surface area contributed by atoms with E-state index in [4.69, 9.17) is 9.84 Å². The highest BCUT2D eigenvalue weighted by atomic mass is 16.5. The molecule has 4 heteroatoms. The summed E-state index contributed by atoms with van der Waals surface area (Å²) in [4.78, 5) is 13.8. The summed E-state index contributed by atoms with van der Waals surface area (Å²) in [5.41, 5.74) is 1.16. The number of benzene rings is 1. The summed E-state index contributed by atoms with van der Waals surface area (Å²) in [5, 5.41) is 9.66. The van der Waals surface area contributed by atoms with E-state index in [1.54, 1.807) is 24.3 Å². The molecule has 0 fully saturated rings. The van der Waals surface area contributed by atoms with Crippen molar-refractivity contribution in [3.63, 3.8) is 0 Å². The first-order valence-corrected chi connectivity index (χ1v) is 4.69. The summed E-state index contributed by atoms with van der Waals surface area (Å²) < 4.78 is 5.29. The zero-order valence-electron chi connectivity index (χ0n) is 8.28. The number of aromatic nitrogens is 1. The Bertz CT molecular complexity index is 502. The number of fused-ring (bicyclic) bond motifs is 1. The number of ether oxygens (including phenoxy) is 1. The smallest absolute Gasteiger partial charge is 0.335 e. The quantitative estimate of drug-likeness (QED) is 0.807. The molecule has 2 rings (SSSR count). The third-order valence-electron chi connectivity index (χ3n) is 2.14. The molecule has 0 atom stereocenters. The number of carboxylic acids is 1. The normalized spacial score (nSPS) is 10.5. The molecule has 1 heterocycles. The maximum atomic E-state index is 10.7. The molecule has 4 nitrogen and oxygen atoms in total. The van der Waals surface area contributed by atoms with Crippen molar-refractivity contribution in [1.82, 2.24) is 4.98 Å². The first-order chi connectivity index (χ1) is 7.20. The fourth-order valence-corrected chi connectivity index (χ4v) is 1.47. The van der Waals surface area contributed by atoms with Crippen molar-refractivity contribution in [1.29, 1.82) is 0 Å². The van der Waals surface area contributed by atoms with E-state index in [9.17, 15) is 4.79 Å². The molecule has 0 aliphatic heterocycles. The highest BCUT2D eigenvalue weighted by Crippen LogP contribution is 2.21. The van der Waals surface area contributed by atoms with Crippen LogP contribution in [0.4, 0.5) is 0 Å². The maximum absolute atomic E-state index is 10.7. The number of carbonyl (C=O) groups is 1. The molecule has 1 aromatic carbocycles. The van der Waals surface area contributed by atoms with E-state index in [1.165, 1.54) is 0 Å². The number of aromatic amines is 1. The maximum Gasteiger partial charge on any atom is 0.335 e. The van der Waals surface area contributed by atoms with Gasteiger partial charge in [-0.2, -0.15) is 0 Å². The van der Waals surface area contributed by atoms with Crippen LogP contribution in [0.3, 0.4) is 0 Å². The predicted octanol–water partition coefficient (Wildman–Crippen LogP) is 2.26. The minimum Gasteiger partial charge on any atom is -0.479 e. The molecule has 0 amide bonds. The average Bonchev–Trinajstić information content (AvgIpc) is 2.59.